The predicted octanol–water partition coefficient (Wildman–Crippen LogP) is 2.53. The Balaban J connectivity index is 1.75. The molecule has 0 radical (unpaired) electrons. The Morgan fingerprint density at radius 2 is 2.13 bits per heavy atom. The fourth-order valence-corrected chi connectivity index (χ4v) is 2.55. The number of anilines is 2. The summed E-state index contributed by atoms with van der Waals surface area (Å²) in [6.45, 7) is 4.65. The quantitative estimate of drug-likeness (QED) is 0.935. The van der Waals surface area contributed by atoms with Crippen LogP contribution in [0.5, 0.6) is 0 Å². The first-order chi connectivity index (χ1) is 11.1. The number of carbonyl (C=O) groups is 1. The number of halogens is 1. The number of nitrogens with one attached hydrogen (secondary N) is 1. The second-order valence-corrected chi connectivity index (χ2v) is 5.67. The fourth-order valence-electron chi connectivity index (χ4n) is 2.36. The molecule has 1 aliphatic rings. The molecule has 1 N–H and O–H groups in total. The summed E-state index contributed by atoms with van der Waals surface area (Å²) in [6, 6.07) is 7.01. The molecule has 2 aromatic rings. The monoisotopic (exact) mass is 332 g/mol. The van der Waals surface area contributed by atoms with E-state index in [1.54, 1.807) is 37.4 Å². The fraction of sp³-hybridized carbons (Fsp3) is 0.312. The van der Waals surface area contributed by atoms with Gasteiger partial charge in [0.15, 0.2) is 0 Å². The van der Waals surface area contributed by atoms with Crippen LogP contribution in [-0.4, -0.2) is 42.2 Å². The lowest BCUT2D eigenvalue weighted by Gasteiger charge is -2.27. The zero-order chi connectivity index (χ0) is 16.2. The van der Waals surface area contributed by atoms with E-state index < -0.39 is 0 Å². The molecule has 0 bridgehead atoms. The number of morpholine rings is 1. The van der Waals surface area contributed by atoms with E-state index in [9.17, 15) is 4.79 Å². The molecule has 0 saturated carbocycles. The molecule has 0 atom stereocenters. The molecule has 1 saturated heterocycles. The number of hydrogen-bond donors (Lipinski definition) is 1. The third-order valence-corrected chi connectivity index (χ3v) is 3.82. The van der Waals surface area contributed by atoms with Crippen LogP contribution in [0.3, 0.4) is 0 Å². The molecule has 3 rings (SSSR count). The highest BCUT2D eigenvalue weighted by atomic mass is 35.5. The van der Waals surface area contributed by atoms with Crippen LogP contribution < -0.4 is 10.2 Å². The Hall–Kier alpha value is -2.18. The number of hydrogen-bond acceptors (Lipinski definition) is 5. The van der Waals surface area contributed by atoms with Gasteiger partial charge in [-0.25, -0.2) is 9.97 Å². The van der Waals surface area contributed by atoms with Crippen molar-refractivity contribution in [1.29, 1.82) is 0 Å². The van der Waals surface area contributed by atoms with Crippen molar-refractivity contribution in [1.82, 2.24) is 9.97 Å². The second kappa shape index (κ2) is 6.93. The first-order valence-electron chi connectivity index (χ1n) is 7.37. The number of rotatable bonds is 3. The minimum absolute atomic E-state index is 0.252. The van der Waals surface area contributed by atoms with E-state index in [-0.39, 0.29) is 5.91 Å². The van der Waals surface area contributed by atoms with E-state index in [2.05, 4.69) is 20.2 Å². The second-order valence-electron chi connectivity index (χ2n) is 5.23. The predicted molar refractivity (Wildman–Crippen MR) is 89.2 cm³/mol. The van der Waals surface area contributed by atoms with Gasteiger partial charge in [0.1, 0.15) is 0 Å². The van der Waals surface area contributed by atoms with Crippen LogP contribution in [-0.2, 0) is 4.74 Å². The van der Waals surface area contributed by atoms with E-state index in [1.807, 2.05) is 0 Å². The molecule has 1 aliphatic heterocycles. The molecule has 1 aromatic heterocycles. The lowest BCUT2D eigenvalue weighted by Crippen LogP contribution is -2.37. The van der Waals surface area contributed by atoms with Gasteiger partial charge < -0.3 is 15.0 Å². The number of aryl methyl sites for hydroxylation is 1. The molecule has 2 heterocycles. The van der Waals surface area contributed by atoms with Crippen molar-refractivity contribution >= 4 is 29.1 Å². The number of amides is 1. The molecule has 0 aliphatic carbocycles. The minimum atomic E-state index is -0.252. The largest absolute Gasteiger partial charge is 0.378 e. The average Bonchev–Trinajstić information content (AvgIpc) is 2.55. The van der Waals surface area contributed by atoms with Gasteiger partial charge in [-0.05, 0) is 25.1 Å². The summed E-state index contributed by atoms with van der Waals surface area (Å²) >= 11 is 5.92. The summed E-state index contributed by atoms with van der Waals surface area (Å²) in [7, 11) is 0. The average molecular weight is 333 g/mol. The van der Waals surface area contributed by atoms with Crippen molar-refractivity contribution < 1.29 is 9.53 Å². The van der Waals surface area contributed by atoms with Gasteiger partial charge in [-0.3, -0.25) is 4.79 Å². The standard InChI is InChI=1S/C16H17ClN4O2/c1-11-14(15(22)20-13-4-2-3-12(17)9-13)10-18-16(19-11)21-5-7-23-8-6-21/h2-4,9-10H,5-8H2,1H3,(H,20,22). The Morgan fingerprint density at radius 3 is 2.83 bits per heavy atom. The zero-order valence-electron chi connectivity index (χ0n) is 12.8. The summed E-state index contributed by atoms with van der Waals surface area (Å²) in [5.41, 5.74) is 1.72. The van der Waals surface area contributed by atoms with Gasteiger partial charge in [-0.15, -0.1) is 0 Å². The Kier molecular flexibility index (Phi) is 4.73. The highest BCUT2D eigenvalue weighted by Crippen LogP contribution is 2.17. The van der Waals surface area contributed by atoms with Gasteiger partial charge >= 0.3 is 0 Å². The van der Waals surface area contributed by atoms with Gasteiger partial charge in [0.05, 0.1) is 24.5 Å². The number of benzene rings is 1. The summed E-state index contributed by atoms with van der Waals surface area (Å²) in [4.78, 5) is 23.2. The van der Waals surface area contributed by atoms with Crippen molar-refractivity contribution in [2.45, 2.75) is 6.92 Å². The van der Waals surface area contributed by atoms with E-state index in [1.165, 1.54) is 0 Å². The van der Waals surface area contributed by atoms with Crippen molar-refractivity contribution in [3.63, 3.8) is 0 Å². The van der Waals surface area contributed by atoms with Crippen LogP contribution in [0.25, 0.3) is 0 Å². The Morgan fingerprint density at radius 1 is 1.35 bits per heavy atom. The van der Waals surface area contributed by atoms with Crippen LogP contribution in [0.2, 0.25) is 5.02 Å². The van der Waals surface area contributed by atoms with Crippen LogP contribution in [0.15, 0.2) is 30.5 Å². The maximum Gasteiger partial charge on any atom is 0.259 e. The topological polar surface area (TPSA) is 67.3 Å². The van der Waals surface area contributed by atoms with E-state index in [0.29, 0.717) is 41.1 Å². The van der Waals surface area contributed by atoms with Crippen molar-refractivity contribution in [3.8, 4) is 0 Å². The van der Waals surface area contributed by atoms with Gasteiger partial charge in [0.2, 0.25) is 5.95 Å². The third kappa shape index (κ3) is 3.78. The van der Waals surface area contributed by atoms with Gasteiger partial charge in [0, 0.05) is 30.0 Å². The van der Waals surface area contributed by atoms with Crippen LogP contribution in [0, 0.1) is 6.92 Å². The molecule has 1 amide bonds. The van der Waals surface area contributed by atoms with E-state index in [0.717, 1.165) is 13.1 Å². The van der Waals surface area contributed by atoms with Gasteiger partial charge in [-0.1, -0.05) is 17.7 Å². The molecule has 1 aromatic carbocycles. The van der Waals surface area contributed by atoms with E-state index in [4.69, 9.17) is 16.3 Å². The number of aromatic nitrogens is 2. The summed E-state index contributed by atoms with van der Waals surface area (Å²) in [5.74, 6) is 0.378. The highest BCUT2D eigenvalue weighted by Gasteiger charge is 2.17. The molecule has 1 fully saturated rings. The van der Waals surface area contributed by atoms with Crippen molar-refractivity contribution in [2.75, 3.05) is 36.5 Å². The smallest absolute Gasteiger partial charge is 0.259 e. The van der Waals surface area contributed by atoms with Crippen LogP contribution in [0.4, 0.5) is 11.6 Å². The van der Waals surface area contributed by atoms with Crippen LogP contribution >= 0.6 is 11.6 Å². The summed E-state index contributed by atoms with van der Waals surface area (Å²) < 4.78 is 5.32. The molecule has 0 spiro atoms. The molecular formula is C16H17ClN4O2. The normalized spacial score (nSPS) is 14.6. The minimum Gasteiger partial charge on any atom is -0.378 e. The number of ether oxygens (including phenoxy) is 1. The molecule has 120 valence electrons. The number of nitrogens with zero attached hydrogens (tertiary/aromatic N) is 3. The highest BCUT2D eigenvalue weighted by molar-refractivity contribution is 6.30. The summed E-state index contributed by atoms with van der Waals surface area (Å²) in [5, 5.41) is 3.37. The molecular weight excluding hydrogens is 316 g/mol. The maximum atomic E-state index is 12.4. The molecule has 7 heteroatoms. The van der Waals surface area contributed by atoms with Gasteiger partial charge in [-0.2, -0.15) is 0 Å². The molecule has 23 heavy (non-hydrogen) atoms. The first-order valence-corrected chi connectivity index (χ1v) is 7.74. The Labute approximate surface area is 139 Å². The number of carbonyl (C=O) groups excluding carboxylic acids is 1. The molecule has 6 nitrogen and oxygen atoms in total. The lowest BCUT2D eigenvalue weighted by atomic mass is 10.2. The maximum absolute atomic E-state index is 12.4. The van der Waals surface area contributed by atoms with E-state index >= 15 is 0 Å². The van der Waals surface area contributed by atoms with Crippen LogP contribution in [0.1, 0.15) is 16.1 Å². The zero-order valence-corrected chi connectivity index (χ0v) is 13.5. The SMILES string of the molecule is Cc1nc(N2CCOCC2)ncc1C(=O)Nc1cccc(Cl)c1. The third-order valence-electron chi connectivity index (χ3n) is 3.59. The first kappa shape index (κ1) is 15.7. The Bertz CT molecular complexity index is 717. The van der Waals surface area contributed by atoms with Crippen molar-refractivity contribution in [2.24, 2.45) is 0 Å². The molecule has 0 unspecified atom stereocenters. The summed E-state index contributed by atoms with van der Waals surface area (Å²) in [6.07, 6.45) is 1.56. The lowest BCUT2D eigenvalue weighted by molar-refractivity contribution is 0.102. The van der Waals surface area contributed by atoms with Gasteiger partial charge in [0.25, 0.3) is 5.91 Å². The van der Waals surface area contributed by atoms with Crippen molar-refractivity contribution in [3.05, 3.63) is 46.7 Å².